The number of aryl methyl sites for hydroxylation is 2. The van der Waals surface area contributed by atoms with E-state index in [-0.39, 0.29) is 5.91 Å². The fourth-order valence-corrected chi connectivity index (χ4v) is 3.28. The number of benzene rings is 1. The lowest BCUT2D eigenvalue weighted by atomic mass is 10.2. The predicted octanol–water partition coefficient (Wildman–Crippen LogP) is 1.71. The zero-order chi connectivity index (χ0) is 20.1. The number of hydrogen-bond acceptors (Lipinski definition) is 6. The molecule has 28 heavy (non-hydrogen) atoms. The monoisotopic (exact) mass is 382 g/mol. The summed E-state index contributed by atoms with van der Waals surface area (Å²) in [6.45, 7) is 8.90. The number of nitrogens with one attached hydrogen (secondary N) is 1. The van der Waals surface area contributed by atoms with Gasteiger partial charge in [0.05, 0.1) is 0 Å². The molecule has 1 aliphatic heterocycles. The second-order valence-corrected chi connectivity index (χ2v) is 7.57. The smallest absolute Gasteiger partial charge is 0.270 e. The first-order valence-corrected chi connectivity index (χ1v) is 9.77. The first kappa shape index (κ1) is 20.1. The van der Waals surface area contributed by atoms with Gasteiger partial charge in [-0.05, 0) is 51.7 Å². The topological polar surface area (TPSA) is 64.6 Å². The minimum Gasteiger partial charge on any atom is -0.368 e. The molecule has 0 saturated carbocycles. The molecule has 0 radical (unpaired) electrons. The van der Waals surface area contributed by atoms with Crippen LogP contribution in [0.15, 0.2) is 30.3 Å². The third kappa shape index (κ3) is 5.19. The lowest BCUT2D eigenvalue weighted by Gasteiger charge is -2.36. The van der Waals surface area contributed by atoms with Crippen molar-refractivity contribution in [3.8, 4) is 0 Å². The van der Waals surface area contributed by atoms with Gasteiger partial charge in [-0.15, -0.1) is 0 Å². The molecular weight excluding hydrogens is 352 g/mol. The van der Waals surface area contributed by atoms with E-state index < -0.39 is 0 Å². The molecule has 0 unspecified atom stereocenters. The average Bonchev–Trinajstić information content (AvgIpc) is 2.67. The molecule has 1 aromatic heterocycles. The number of rotatable bonds is 6. The van der Waals surface area contributed by atoms with Gasteiger partial charge in [-0.25, -0.2) is 9.97 Å². The maximum absolute atomic E-state index is 12.4. The molecular formula is C21H30N6O. The molecule has 1 fully saturated rings. The Bertz CT molecular complexity index is 814. The van der Waals surface area contributed by atoms with Crippen LogP contribution in [0.2, 0.25) is 0 Å². The van der Waals surface area contributed by atoms with Gasteiger partial charge in [0.15, 0.2) is 0 Å². The molecule has 7 heteroatoms. The number of amides is 1. The Labute approximate surface area is 167 Å². The van der Waals surface area contributed by atoms with Crippen molar-refractivity contribution < 1.29 is 4.79 Å². The Balaban J connectivity index is 1.64. The van der Waals surface area contributed by atoms with Gasteiger partial charge >= 0.3 is 0 Å². The van der Waals surface area contributed by atoms with E-state index in [1.165, 1.54) is 11.3 Å². The number of carbonyl (C=O) groups is 1. The van der Waals surface area contributed by atoms with E-state index in [0.29, 0.717) is 18.2 Å². The molecule has 150 valence electrons. The van der Waals surface area contributed by atoms with Gasteiger partial charge in [-0.2, -0.15) is 0 Å². The minimum absolute atomic E-state index is 0.146. The van der Waals surface area contributed by atoms with E-state index in [1.807, 2.05) is 25.9 Å². The van der Waals surface area contributed by atoms with E-state index >= 15 is 0 Å². The van der Waals surface area contributed by atoms with Crippen molar-refractivity contribution in [2.45, 2.75) is 13.8 Å². The van der Waals surface area contributed by atoms with Crippen molar-refractivity contribution >= 4 is 17.5 Å². The van der Waals surface area contributed by atoms with Gasteiger partial charge in [0.25, 0.3) is 5.91 Å². The lowest BCUT2D eigenvalue weighted by Crippen LogP contribution is -2.47. The number of nitrogens with zero attached hydrogens (tertiary/aromatic N) is 5. The third-order valence-electron chi connectivity index (χ3n) is 4.85. The first-order valence-electron chi connectivity index (χ1n) is 9.77. The van der Waals surface area contributed by atoms with Crippen LogP contribution in [0.4, 0.5) is 11.6 Å². The Kier molecular flexibility index (Phi) is 6.46. The van der Waals surface area contributed by atoms with Crippen LogP contribution in [0.3, 0.4) is 0 Å². The molecule has 2 aromatic rings. The van der Waals surface area contributed by atoms with Gasteiger partial charge in [0, 0.05) is 50.6 Å². The van der Waals surface area contributed by atoms with Crippen LogP contribution in [-0.2, 0) is 0 Å². The van der Waals surface area contributed by atoms with Crippen LogP contribution in [-0.4, -0.2) is 74.1 Å². The van der Waals surface area contributed by atoms with Gasteiger partial charge in [0.1, 0.15) is 5.69 Å². The predicted molar refractivity (Wildman–Crippen MR) is 113 cm³/mol. The number of likely N-dealkylation sites (N-methyl/N-ethyl adjacent to an activating group) is 1. The highest BCUT2D eigenvalue weighted by Crippen LogP contribution is 2.20. The molecule has 1 aliphatic rings. The molecule has 0 atom stereocenters. The van der Waals surface area contributed by atoms with Crippen LogP contribution in [0.25, 0.3) is 0 Å². The molecule has 1 aromatic carbocycles. The quantitative estimate of drug-likeness (QED) is 0.821. The van der Waals surface area contributed by atoms with Crippen LogP contribution in [0.5, 0.6) is 0 Å². The molecule has 0 bridgehead atoms. The molecule has 2 heterocycles. The van der Waals surface area contributed by atoms with Crippen molar-refractivity contribution in [2.75, 3.05) is 63.2 Å². The standard InChI is InChI=1S/C21H30N6O/c1-16-6-5-7-18(14-16)26-10-12-27(13-11-26)21-23-17(2)15-19(24-21)20(28)22-8-9-25(3)4/h5-7,14-15H,8-13H2,1-4H3,(H,22,28). The summed E-state index contributed by atoms with van der Waals surface area (Å²) in [5.74, 6) is 0.494. The van der Waals surface area contributed by atoms with Crippen molar-refractivity contribution in [3.05, 3.63) is 47.3 Å². The number of piperazine rings is 1. The number of carbonyl (C=O) groups excluding carboxylic acids is 1. The number of hydrogen-bond donors (Lipinski definition) is 1. The summed E-state index contributed by atoms with van der Waals surface area (Å²) in [7, 11) is 3.96. The lowest BCUT2D eigenvalue weighted by molar-refractivity contribution is 0.0946. The van der Waals surface area contributed by atoms with Crippen molar-refractivity contribution in [1.29, 1.82) is 0 Å². The molecule has 1 N–H and O–H groups in total. The van der Waals surface area contributed by atoms with Gasteiger partial charge < -0.3 is 20.0 Å². The molecule has 0 aliphatic carbocycles. The third-order valence-corrected chi connectivity index (χ3v) is 4.85. The zero-order valence-electron chi connectivity index (χ0n) is 17.3. The van der Waals surface area contributed by atoms with Crippen molar-refractivity contribution in [3.63, 3.8) is 0 Å². The Morgan fingerprint density at radius 1 is 1.07 bits per heavy atom. The zero-order valence-corrected chi connectivity index (χ0v) is 17.3. The van der Waals surface area contributed by atoms with Crippen LogP contribution in [0.1, 0.15) is 21.7 Å². The SMILES string of the molecule is Cc1cccc(N2CCN(c3nc(C)cc(C(=O)NCCN(C)C)n3)CC2)c1. The first-order chi connectivity index (χ1) is 13.4. The van der Waals surface area contributed by atoms with E-state index in [1.54, 1.807) is 6.07 Å². The Morgan fingerprint density at radius 3 is 2.46 bits per heavy atom. The molecule has 0 spiro atoms. The summed E-state index contributed by atoms with van der Waals surface area (Å²) in [6.07, 6.45) is 0. The summed E-state index contributed by atoms with van der Waals surface area (Å²) in [5, 5.41) is 2.92. The molecule has 3 rings (SSSR count). The summed E-state index contributed by atoms with van der Waals surface area (Å²) in [4.78, 5) is 28.1. The molecule has 7 nitrogen and oxygen atoms in total. The fourth-order valence-electron chi connectivity index (χ4n) is 3.28. The summed E-state index contributed by atoms with van der Waals surface area (Å²) in [5.41, 5.74) is 3.77. The van der Waals surface area contributed by atoms with Crippen molar-refractivity contribution in [1.82, 2.24) is 20.2 Å². The second kappa shape index (κ2) is 9.01. The highest BCUT2D eigenvalue weighted by molar-refractivity contribution is 5.92. The van der Waals surface area contributed by atoms with Crippen molar-refractivity contribution in [2.24, 2.45) is 0 Å². The van der Waals surface area contributed by atoms with Crippen LogP contribution >= 0.6 is 0 Å². The summed E-state index contributed by atoms with van der Waals surface area (Å²) < 4.78 is 0. The van der Waals surface area contributed by atoms with E-state index in [0.717, 1.165) is 38.4 Å². The van der Waals surface area contributed by atoms with E-state index in [2.05, 4.69) is 56.3 Å². The highest BCUT2D eigenvalue weighted by atomic mass is 16.1. The van der Waals surface area contributed by atoms with Gasteiger partial charge in [-0.1, -0.05) is 12.1 Å². The second-order valence-electron chi connectivity index (χ2n) is 7.57. The minimum atomic E-state index is -0.146. The number of anilines is 2. The number of aromatic nitrogens is 2. The van der Waals surface area contributed by atoms with Gasteiger partial charge in [0.2, 0.25) is 5.95 Å². The molecule has 1 saturated heterocycles. The van der Waals surface area contributed by atoms with Gasteiger partial charge in [-0.3, -0.25) is 4.79 Å². The summed E-state index contributed by atoms with van der Waals surface area (Å²) in [6, 6.07) is 10.3. The summed E-state index contributed by atoms with van der Waals surface area (Å²) >= 11 is 0. The van der Waals surface area contributed by atoms with E-state index in [9.17, 15) is 4.79 Å². The average molecular weight is 383 g/mol. The fraction of sp³-hybridized carbons (Fsp3) is 0.476. The van der Waals surface area contributed by atoms with Crippen LogP contribution in [0, 0.1) is 13.8 Å². The highest BCUT2D eigenvalue weighted by Gasteiger charge is 2.21. The maximum atomic E-state index is 12.4. The Morgan fingerprint density at radius 2 is 1.79 bits per heavy atom. The molecule has 1 amide bonds. The maximum Gasteiger partial charge on any atom is 0.270 e. The van der Waals surface area contributed by atoms with E-state index in [4.69, 9.17) is 0 Å². The van der Waals surface area contributed by atoms with Crippen LogP contribution < -0.4 is 15.1 Å². The normalized spacial score (nSPS) is 14.5. The largest absolute Gasteiger partial charge is 0.368 e. The Hall–Kier alpha value is -2.67.